The van der Waals surface area contributed by atoms with E-state index in [-0.39, 0.29) is 17.5 Å². The number of halogens is 4. The highest BCUT2D eigenvalue weighted by atomic mass is 79.9. The summed E-state index contributed by atoms with van der Waals surface area (Å²) in [6, 6.07) is 2.83. The van der Waals surface area contributed by atoms with Crippen LogP contribution in [0.1, 0.15) is 5.69 Å². The molecule has 1 aliphatic rings. The smallest absolute Gasteiger partial charge is 0.244 e. The van der Waals surface area contributed by atoms with Crippen molar-refractivity contribution in [1.82, 2.24) is 14.7 Å². The average molecular weight is 480 g/mol. The topological polar surface area (TPSA) is 50.6 Å². The molecular weight excluding hydrogens is 462 g/mol. The van der Waals surface area contributed by atoms with Crippen molar-refractivity contribution in [2.45, 2.75) is 13.5 Å². The van der Waals surface area contributed by atoms with Crippen molar-refractivity contribution in [3.8, 4) is 5.75 Å². The lowest BCUT2D eigenvalue weighted by Gasteiger charge is -2.36. The summed E-state index contributed by atoms with van der Waals surface area (Å²) in [5.74, 6) is -0.0472. The highest BCUT2D eigenvalue weighted by Gasteiger charge is 2.25. The first-order valence-corrected chi connectivity index (χ1v) is 9.81. The predicted molar refractivity (Wildman–Crippen MR) is 106 cm³/mol. The van der Waals surface area contributed by atoms with Crippen molar-refractivity contribution < 1.29 is 13.9 Å². The van der Waals surface area contributed by atoms with Gasteiger partial charge in [-0.05, 0) is 28.9 Å². The maximum absolute atomic E-state index is 14.3. The molecule has 2 aromatic rings. The Balaban J connectivity index is 1.65. The zero-order valence-corrected chi connectivity index (χ0v) is 17.9. The number of carbonyl (C=O) groups is 1. The molecule has 2 heterocycles. The molecule has 1 aromatic carbocycles. The van der Waals surface area contributed by atoms with E-state index in [0.29, 0.717) is 47.2 Å². The summed E-state index contributed by atoms with van der Waals surface area (Å²) in [6.07, 6.45) is 0. The minimum Gasteiger partial charge on any atom is -0.495 e. The van der Waals surface area contributed by atoms with E-state index in [0.717, 1.165) is 5.69 Å². The second kappa shape index (κ2) is 8.24. The average Bonchev–Trinajstić information content (AvgIpc) is 2.89. The van der Waals surface area contributed by atoms with Crippen LogP contribution in [0.5, 0.6) is 5.75 Å². The number of carbonyl (C=O) groups excluding carboxylic acids is 1. The van der Waals surface area contributed by atoms with Gasteiger partial charge in [0.15, 0.2) is 0 Å². The molecule has 0 unspecified atom stereocenters. The van der Waals surface area contributed by atoms with Gasteiger partial charge < -0.3 is 14.5 Å². The quantitative estimate of drug-likeness (QED) is 0.670. The Labute approximate surface area is 174 Å². The molecule has 1 fully saturated rings. The molecule has 6 nitrogen and oxygen atoms in total. The van der Waals surface area contributed by atoms with Gasteiger partial charge in [-0.25, -0.2) is 4.39 Å². The minimum atomic E-state index is -0.410. The van der Waals surface area contributed by atoms with E-state index in [9.17, 15) is 9.18 Å². The second-order valence-corrected chi connectivity index (χ2v) is 7.69. The molecule has 0 atom stereocenters. The van der Waals surface area contributed by atoms with Crippen molar-refractivity contribution in [1.29, 1.82) is 0 Å². The SMILES string of the molecule is COc1cc(N2CCN(C(=O)Cn3nc(Br)c(Cl)c3C)CC2)c(F)cc1Cl. The fraction of sp³-hybridized carbons (Fsp3) is 0.412. The number of methoxy groups -OCH3 is 1. The van der Waals surface area contributed by atoms with E-state index in [1.54, 1.807) is 15.6 Å². The molecule has 146 valence electrons. The summed E-state index contributed by atoms with van der Waals surface area (Å²) in [6.45, 7) is 3.91. The highest BCUT2D eigenvalue weighted by Crippen LogP contribution is 2.32. The molecule has 3 rings (SSSR count). The molecule has 1 aliphatic heterocycles. The third kappa shape index (κ3) is 4.17. The predicted octanol–water partition coefficient (Wildman–Crippen LogP) is 3.76. The molecule has 1 amide bonds. The standard InChI is InChI=1S/C17H18BrCl2FN4O2/c1-10-16(20)17(18)22-25(10)9-15(26)24-5-3-23(4-6-24)13-8-14(27-2)11(19)7-12(13)21/h7-8H,3-6,9H2,1-2H3. The van der Waals surface area contributed by atoms with Crippen LogP contribution in [0.25, 0.3) is 0 Å². The summed E-state index contributed by atoms with van der Waals surface area (Å²) in [4.78, 5) is 16.2. The molecule has 0 N–H and O–H groups in total. The number of hydrogen-bond acceptors (Lipinski definition) is 4. The Bertz CT molecular complexity index is 869. The van der Waals surface area contributed by atoms with Gasteiger partial charge in [-0.15, -0.1) is 0 Å². The first kappa shape index (κ1) is 20.2. The van der Waals surface area contributed by atoms with Crippen LogP contribution in [0.3, 0.4) is 0 Å². The first-order chi connectivity index (χ1) is 12.8. The van der Waals surface area contributed by atoms with Crippen LogP contribution in [-0.4, -0.2) is 53.9 Å². The van der Waals surface area contributed by atoms with Gasteiger partial charge in [-0.3, -0.25) is 9.48 Å². The lowest BCUT2D eigenvalue weighted by Crippen LogP contribution is -2.50. The monoisotopic (exact) mass is 478 g/mol. The maximum atomic E-state index is 14.3. The Morgan fingerprint density at radius 3 is 2.52 bits per heavy atom. The molecule has 0 saturated carbocycles. The van der Waals surface area contributed by atoms with Gasteiger partial charge in [-0.2, -0.15) is 5.10 Å². The number of piperazine rings is 1. The second-order valence-electron chi connectivity index (χ2n) is 6.15. The summed E-state index contributed by atoms with van der Waals surface area (Å²) in [5, 5.41) is 4.94. The zero-order chi connectivity index (χ0) is 19.7. The molecule has 1 aromatic heterocycles. The first-order valence-electron chi connectivity index (χ1n) is 8.26. The van der Waals surface area contributed by atoms with Gasteiger partial charge in [0.1, 0.15) is 22.7 Å². The van der Waals surface area contributed by atoms with Gasteiger partial charge >= 0.3 is 0 Å². The van der Waals surface area contributed by atoms with Crippen LogP contribution in [0.15, 0.2) is 16.7 Å². The van der Waals surface area contributed by atoms with Gasteiger partial charge in [0.05, 0.1) is 28.5 Å². The number of rotatable bonds is 4. The van der Waals surface area contributed by atoms with E-state index >= 15 is 0 Å². The molecule has 0 bridgehead atoms. The van der Waals surface area contributed by atoms with Crippen molar-refractivity contribution in [2.24, 2.45) is 0 Å². The minimum absolute atomic E-state index is 0.0569. The summed E-state index contributed by atoms with van der Waals surface area (Å²) in [7, 11) is 1.49. The molecule has 0 radical (unpaired) electrons. The Hall–Kier alpha value is -1.51. The van der Waals surface area contributed by atoms with E-state index in [2.05, 4.69) is 21.0 Å². The van der Waals surface area contributed by atoms with Crippen molar-refractivity contribution in [3.63, 3.8) is 0 Å². The van der Waals surface area contributed by atoms with Gasteiger partial charge in [0.2, 0.25) is 5.91 Å². The molecule has 10 heteroatoms. The number of anilines is 1. The van der Waals surface area contributed by atoms with Crippen molar-refractivity contribution in [2.75, 3.05) is 38.2 Å². The Morgan fingerprint density at radius 1 is 1.30 bits per heavy atom. The maximum Gasteiger partial charge on any atom is 0.244 e. The molecule has 1 saturated heterocycles. The summed E-state index contributed by atoms with van der Waals surface area (Å²) < 4.78 is 21.5. The third-order valence-corrected chi connectivity index (χ3v) is 6.11. The van der Waals surface area contributed by atoms with Crippen LogP contribution < -0.4 is 9.64 Å². The number of hydrogen-bond donors (Lipinski definition) is 0. The third-order valence-electron chi connectivity index (χ3n) is 4.57. The van der Waals surface area contributed by atoms with E-state index in [1.807, 2.05) is 11.8 Å². The molecule has 0 aliphatic carbocycles. The Morgan fingerprint density at radius 2 is 1.96 bits per heavy atom. The van der Waals surface area contributed by atoms with Crippen molar-refractivity contribution >= 4 is 50.7 Å². The van der Waals surface area contributed by atoms with Crippen LogP contribution >= 0.6 is 39.1 Å². The van der Waals surface area contributed by atoms with Crippen LogP contribution in [0.2, 0.25) is 10.0 Å². The normalized spacial score (nSPS) is 14.6. The number of ether oxygens (including phenoxy) is 1. The van der Waals surface area contributed by atoms with E-state index in [1.165, 1.54) is 13.2 Å². The molecule has 0 spiro atoms. The van der Waals surface area contributed by atoms with Gasteiger partial charge in [0, 0.05) is 32.2 Å². The number of nitrogens with zero attached hydrogens (tertiary/aromatic N) is 4. The Kier molecular flexibility index (Phi) is 6.18. The van der Waals surface area contributed by atoms with Crippen molar-refractivity contribution in [3.05, 3.63) is 38.3 Å². The number of benzene rings is 1. The van der Waals surface area contributed by atoms with Crippen LogP contribution in [0.4, 0.5) is 10.1 Å². The van der Waals surface area contributed by atoms with E-state index in [4.69, 9.17) is 27.9 Å². The van der Waals surface area contributed by atoms with Crippen LogP contribution in [0, 0.1) is 12.7 Å². The lowest BCUT2D eigenvalue weighted by atomic mass is 10.2. The fourth-order valence-electron chi connectivity index (χ4n) is 2.98. The zero-order valence-electron chi connectivity index (χ0n) is 14.8. The lowest BCUT2D eigenvalue weighted by molar-refractivity contribution is -0.132. The fourth-order valence-corrected chi connectivity index (χ4v) is 3.82. The largest absolute Gasteiger partial charge is 0.495 e. The van der Waals surface area contributed by atoms with Gasteiger partial charge in [-0.1, -0.05) is 23.2 Å². The van der Waals surface area contributed by atoms with Crippen LogP contribution in [-0.2, 0) is 11.3 Å². The molecular formula is C17H18BrCl2FN4O2. The van der Waals surface area contributed by atoms with E-state index < -0.39 is 5.82 Å². The van der Waals surface area contributed by atoms with Gasteiger partial charge in [0.25, 0.3) is 0 Å². The number of amides is 1. The number of aromatic nitrogens is 2. The summed E-state index contributed by atoms with van der Waals surface area (Å²) in [5.41, 5.74) is 1.15. The molecule has 27 heavy (non-hydrogen) atoms. The summed E-state index contributed by atoms with van der Waals surface area (Å²) >= 11 is 15.3. The highest BCUT2D eigenvalue weighted by molar-refractivity contribution is 9.10.